The highest BCUT2D eigenvalue weighted by atomic mass is 32.2. The van der Waals surface area contributed by atoms with Crippen LogP contribution >= 0.6 is 11.8 Å². The summed E-state index contributed by atoms with van der Waals surface area (Å²) in [7, 11) is 0. The summed E-state index contributed by atoms with van der Waals surface area (Å²) in [5, 5.41) is 3.35. The Morgan fingerprint density at radius 1 is 1.05 bits per heavy atom. The number of rotatable bonds is 6. The van der Waals surface area contributed by atoms with Crippen LogP contribution in [-0.4, -0.2) is 19.4 Å². The molecule has 0 fully saturated rings. The summed E-state index contributed by atoms with van der Waals surface area (Å²) in [4.78, 5) is 1.18. The standard InChI is InChI=1S/C16H19NOS/c1-13-7-9-14(10-8-13)17-11-12-18-15-5-3-4-6-16(15)19-2/h3-10,17H,11-12H2,1-2H3. The molecule has 0 amide bonds. The summed E-state index contributed by atoms with van der Waals surface area (Å²) >= 11 is 1.71. The van der Waals surface area contributed by atoms with Crippen LogP contribution in [0.4, 0.5) is 5.69 Å². The highest BCUT2D eigenvalue weighted by Gasteiger charge is 2.00. The van der Waals surface area contributed by atoms with Crippen LogP contribution < -0.4 is 10.1 Å². The molecule has 100 valence electrons. The summed E-state index contributed by atoms with van der Waals surface area (Å²) < 4.78 is 5.79. The van der Waals surface area contributed by atoms with E-state index in [-0.39, 0.29) is 0 Å². The van der Waals surface area contributed by atoms with Crippen molar-refractivity contribution in [2.45, 2.75) is 11.8 Å². The fraction of sp³-hybridized carbons (Fsp3) is 0.250. The van der Waals surface area contributed by atoms with Gasteiger partial charge in [-0.15, -0.1) is 11.8 Å². The molecule has 0 aromatic heterocycles. The highest BCUT2D eigenvalue weighted by Crippen LogP contribution is 2.26. The highest BCUT2D eigenvalue weighted by molar-refractivity contribution is 7.98. The molecule has 2 nitrogen and oxygen atoms in total. The predicted octanol–water partition coefficient (Wildman–Crippen LogP) is 4.21. The first-order chi connectivity index (χ1) is 9.29. The lowest BCUT2D eigenvalue weighted by Crippen LogP contribution is -2.11. The molecule has 0 spiro atoms. The van der Waals surface area contributed by atoms with E-state index in [9.17, 15) is 0 Å². The molecule has 0 bridgehead atoms. The molecule has 2 aromatic carbocycles. The lowest BCUT2D eigenvalue weighted by Gasteiger charge is -2.11. The van der Waals surface area contributed by atoms with Crippen LogP contribution in [0.1, 0.15) is 5.56 Å². The lowest BCUT2D eigenvalue weighted by atomic mass is 10.2. The Morgan fingerprint density at radius 2 is 1.79 bits per heavy atom. The summed E-state index contributed by atoms with van der Waals surface area (Å²) in [5.74, 6) is 0.959. The number of nitrogens with one attached hydrogen (secondary N) is 1. The smallest absolute Gasteiger partial charge is 0.132 e. The second-order valence-electron chi connectivity index (χ2n) is 4.29. The zero-order valence-corrected chi connectivity index (χ0v) is 12.2. The Hall–Kier alpha value is -1.61. The van der Waals surface area contributed by atoms with Gasteiger partial charge < -0.3 is 10.1 Å². The van der Waals surface area contributed by atoms with Gasteiger partial charge in [0.15, 0.2) is 0 Å². The van der Waals surface area contributed by atoms with Gasteiger partial charge in [0.25, 0.3) is 0 Å². The first-order valence-electron chi connectivity index (χ1n) is 6.36. The van der Waals surface area contributed by atoms with Crippen molar-refractivity contribution in [2.24, 2.45) is 0 Å². The average molecular weight is 273 g/mol. The van der Waals surface area contributed by atoms with Gasteiger partial charge in [-0.25, -0.2) is 0 Å². The molecule has 0 aliphatic rings. The minimum atomic E-state index is 0.658. The first kappa shape index (κ1) is 13.8. The quantitative estimate of drug-likeness (QED) is 0.629. The Labute approximate surface area is 119 Å². The van der Waals surface area contributed by atoms with Crippen LogP contribution in [0.5, 0.6) is 5.75 Å². The van der Waals surface area contributed by atoms with Gasteiger partial charge in [0.2, 0.25) is 0 Å². The SMILES string of the molecule is CSc1ccccc1OCCNc1ccc(C)cc1. The van der Waals surface area contributed by atoms with Crippen molar-refractivity contribution in [1.29, 1.82) is 0 Å². The van der Waals surface area contributed by atoms with Crippen LogP contribution in [0.3, 0.4) is 0 Å². The molecular formula is C16H19NOS. The zero-order chi connectivity index (χ0) is 13.5. The van der Waals surface area contributed by atoms with E-state index < -0.39 is 0 Å². The number of aryl methyl sites for hydroxylation is 1. The van der Waals surface area contributed by atoms with E-state index in [0.29, 0.717) is 6.61 Å². The monoisotopic (exact) mass is 273 g/mol. The maximum atomic E-state index is 5.79. The summed E-state index contributed by atoms with van der Waals surface area (Å²) in [6.45, 7) is 3.55. The van der Waals surface area contributed by atoms with E-state index in [1.807, 2.05) is 18.2 Å². The van der Waals surface area contributed by atoms with Crippen LogP contribution in [0.25, 0.3) is 0 Å². The van der Waals surface area contributed by atoms with Crippen LogP contribution in [0.2, 0.25) is 0 Å². The van der Waals surface area contributed by atoms with E-state index in [4.69, 9.17) is 4.74 Å². The summed E-state index contributed by atoms with van der Waals surface area (Å²) in [6.07, 6.45) is 2.06. The Bertz CT molecular complexity index is 510. The van der Waals surface area contributed by atoms with Crippen molar-refractivity contribution in [3.05, 3.63) is 54.1 Å². The minimum absolute atomic E-state index is 0.658. The molecule has 0 aliphatic carbocycles. The number of thioether (sulfide) groups is 1. The topological polar surface area (TPSA) is 21.3 Å². The normalized spacial score (nSPS) is 10.2. The Balaban J connectivity index is 1.79. The zero-order valence-electron chi connectivity index (χ0n) is 11.3. The maximum Gasteiger partial charge on any atom is 0.132 e. The molecule has 0 radical (unpaired) electrons. The fourth-order valence-corrected chi connectivity index (χ4v) is 2.31. The van der Waals surface area contributed by atoms with Crippen molar-refractivity contribution >= 4 is 17.4 Å². The van der Waals surface area contributed by atoms with E-state index in [2.05, 4.69) is 48.8 Å². The number of anilines is 1. The average Bonchev–Trinajstić information content (AvgIpc) is 2.46. The van der Waals surface area contributed by atoms with Crippen molar-refractivity contribution in [3.8, 4) is 5.75 Å². The molecule has 2 rings (SSSR count). The van der Waals surface area contributed by atoms with E-state index in [1.54, 1.807) is 11.8 Å². The predicted molar refractivity (Wildman–Crippen MR) is 83.4 cm³/mol. The molecule has 0 unspecified atom stereocenters. The number of hydrogen-bond acceptors (Lipinski definition) is 3. The Kier molecular flexibility index (Phi) is 5.16. The van der Waals surface area contributed by atoms with Gasteiger partial charge in [-0.2, -0.15) is 0 Å². The third-order valence-electron chi connectivity index (χ3n) is 2.81. The maximum absolute atomic E-state index is 5.79. The number of benzene rings is 2. The van der Waals surface area contributed by atoms with Gasteiger partial charge in [-0.3, -0.25) is 0 Å². The first-order valence-corrected chi connectivity index (χ1v) is 7.58. The summed E-state index contributed by atoms with van der Waals surface area (Å²) in [5.41, 5.74) is 2.41. The third kappa shape index (κ3) is 4.21. The van der Waals surface area contributed by atoms with Crippen LogP contribution in [0, 0.1) is 6.92 Å². The molecule has 0 heterocycles. The van der Waals surface area contributed by atoms with Gasteiger partial charge in [-0.1, -0.05) is 29.8 Å². The minimum Gasteiger partial charge on any atom is -0.491 e. The van der Waals surface area contributed by atoms with Crippen molar-refractivity contribution < 1.29 is 4.74 Å². The van der Waals surface area contributed by atoms with Crippen molar-refractivity contribution in [3.63, 3.8) is 0 Å². The van der Waals surface area contributed by atoms with E-state index in [0.717, 1.165) is 18.0 Å². The molecule has 0 saturated heterocycles. The number of para-hydroxylation sites is 1. The molecular weight excluding hydrogens is 254 g/mol. The molecule has 0 saturated carbocycles. The van der Waals surface area contributed by atoms with Crippen LogP contribution in [0.15, 0.2) is 53.4 Å². The van der Waals surface area contributed by atoms with Crippen molar-refractivity contribution in [1.82, 2.24) is 0 Å². The van der Waals surface area contributed by atoms with Crippen LogP contribution in [-0.2, 0) is 0 Å². The van der Waals surface area contributed by atoms with Gasteiger partial charge in [0.1, 0.15) is 12.4 Å². The third-order valence-corrected chi connectivity index (χ3v) is 3.59. The number of hydrogen-bond donors (Lipinski definition) is 1. The molecule has 0 atom stereocenters. The Morgan fingerprint density at radius 3 is 2.53 bits per heavy atom. The van der Waals surface area contributed by atoms with Gasteiger partial charge in [0.05, 0.1) is 0 Å². The molecule has 0 aliphatic heterocycles. The summed E-state index contributed by atoms with van der Waals surface area (Å²) in [6, 6.07) is 16.5. The molecule has 2 aromatic rings. The molecule has 1 N–H and O–H groups in total. The molecule has 3 heteroatoms. The largest absolute Gasteiger partial charge is 0.491 e. The lowest BCUT2D eigenvalue weighted by molar-refractivity contribution is 0.325. The number of ether oxygens (including phenoxy) is 1. The van der Waals surface area contributed by atoms with Gasteiger partial charge in [-0.05, 0) is 37.4 Å². The second-order valence-corrected chi connectivity index (χ2v) is 5.14. The van der Waals surface area contributed by atoms with Crippen molar-refractivity contribution in [2.75, 3.05) is 24.7 Å². The molecule has 19 heavy (non-hydrogen) atoms. The van der Waals surface area contributed by atoms with Gasteiger partial charge in [0, 0.05) is 17.1 Å². The van der Waals surface area contributed by atoms with E-state index in [1.165, 1.54) is 10.5 Å². The van der Waals surface area contributed by atoms with E-state index >= 15 is 0 Å². The van der Waals surface area contributed by atoms with Gasteiger partial charge >= 0.3 is 0 Å². The fourth-order valence-electron chi connectivity index (χ4n) is 1.77. The second kappa shape index (κ2) is 7.10.